The summed E-state index contributed by atoms with van der Waals surface area (Å²) in [6.07, 6.45) is -3.71. The van der Waals surface area contributed by atoms with E-state index < -0.39 is 11.7 Å². The van der Waals surface area contributed by atoms with Crippen LogP contribution in [0.3, 0.4) is 0 Å². The van der Waals surface area contributed by atoms with E-state index in [1.165, 1.54) is 0 Å². The first-order valence-corrected chi connectivity index (χ1v) is 10.2. The van der Waals surface area contributed by atoms with Crippen molar-refractivity contribution in [2.75, 3.05) is 18.6 Å². The molecule has 2 aromatic carbocycles. The summed E-state index contributed by atoms with van der Waals surface area (Å²) in [5, 5.41) is -0.147. The maximum Gasteiger partial charge on any atom is 0.420 e. The molecule has 0 aliphatic rings. The number of ether oxygens (including phenoxy) is 1. The molecule has 0 aliphatic carbocycles. The highest BCUT2D eigenvalue weighted by Gasteiger charge is 2.35. The van der Waals surface area contributed by atoms with E-state index >= 15 is 0 Å². The molecule has 1 aromatic heterocycles. The van der Waals surface area contributed by atoms with Crippen LogP contribution in [0.25, 0.3) is 0 Å². The molecule has 158 valence electrons. The van der Waals surface area contributed by atoms with Gasteiger partial charge in [0.25, 0.3) is 0 Å². The molecule has 3 rings (SSSR count). The molecule has 0 aliphatic heterocycles. The van der Waals surface area contributed by atoms with E-state index in [1.54, 1.807) is 36.2 Å². The topological polar surface area (TPSA) is 38.2 Å². The molecule has 0 radical (unpaired) electrons. The van der Waals surface area contributed by atoms with Gasteiger partial charge in [0.05, 0.1) is 12.3 Å². The molecule has 0 N–H and O–H groups in total. The fourth-order valence-corrected chi connectivity index (χ4v) is 3.53. The fraction of sp³-hybridized carbons (Fsp3) is 0.273. The predicted molar refractivity (Wildman–Crippen MR) is 112 cm³/mol. The van der Waals surface area contributed by atoms with Crippen molar-refractivity contribution in [3.05, 3.63) is 66.4 Å². The molecule has 0 bridgehead atoms. The SMILES string of the molecule is CC(C)COc1ccccc1N(C)c1ncc(C(F)(F)F)c(Sc2ccccc2)n1. The largest absolute Gasteiger partial charge is 0.491 e. The summed E-state index contributed by atoms with van der Waals surface area (Å²) in [6.45, 7) is 4.60. The summed E-state index contributed by atoms with van der Waals surface area (Å²) in [4.78, 5) is 10.5. The summed E-state index contributed by atoms with van der Waals surface area (Å²) in [5.74, 6) is 1.11. The van der Waals surface area contributed by atoms with E-state index in [0.29, 0.717) is 28.9 Å². The molecule has 30 heavy (non-hydrogen) atoms. The minimum atomic E-state index is -4.55. The lowest BCUT2D eigenvalue weighted by atomic mass is 10.2. The minimum Gasteiger partial charge on any atom is -0.491 e. The molecule has 0 atom stereocenters. The zero-order chi connectivity index (χ0) is 21.7. The average molecular weight is 433 g/mol. The van der Waals surface area contributed by atoms with Crippen molar-refractivity contribution in [1.29, 1.82) is 0 Å². The van der Waals surface area contributed by atoms with Crippen LogP contribution in [0.15, 0.2) is 70.7 Å². The minimum absolute atomic E-state index is 0.147. The highest BCUT2D eigenvalue weighted by atomic mass is 32.2. The molecule has 0 spiro atoms. The van der Waals surface area contributed by atoms with Crippen molar-refractivity contribution in [2.24, 2.45) is 5.92 Å². The van der Waals surface area contributed by atoms with Crippen LogP contribution >= 0.6 is 11.8 Å². The van der Waals surface area contributed by atoms with Crippen molar-refractivity contribution in [2.45, 2.75) is 29.9 Å². The van der Waals surface area contributed by atoms with Crippen molar-refractivity contribution in [3.63, 3.8) is 0 Å². The second-order valence-electron chi connectivity index (χ2n) is 7.03. The van der Waals surface area contributed by atoms with Crippen LogP contribution in [0.5, 0.6) is 5.75 Å². The maximum atomic E-state index is 13.5. The van der Waals surface area contributed by atoms with Crippen LogP contribution in [0, 0.1) is 5.92 Å². The summed E-state index contributed by atoms with van der Waals surface area (Å²) < 4.78 is 46.4. The van der Waals surface area contributed by atoms with Crippen molar-refractivity contribution < 1.29 is 17.9 Å². The van der Waals surface area contributed by atoms with Gasteiger partial charge in [0.15, 0.2) is 0 Å². The Hall–Kier alpha value is -2.74. The summed E-state index contributed by atoms with van der Waals surface area (Å²) >= 11 is 0.957. The number of aromatic nitrogens is 2. The third kappa shape index (κ3) is 5.44. The van der Waals surface area contributed by atoms with Gasteiger partial charge < -0.3 is 9.64 Å². The van der Waals surface area contributed by atoms with Gasteiger partial charge in [-0.2, -0.15) is 13.2 Å². The van der Waals surface area contributed by atoms with Gasteiger partial charge in [0.2, 0.25) is 5.95 Å². The van der Waals surface area contributed by atoms with Crippen LogP contribution in [-0.2, 0) is 6.18 Å². The third-order valence-corrected chi connectivity index (χ3v) is 5.12. The van der Waals surface area contributed by atoms with Crippen molar-refractivity contribution >= 4 is 23.4 Å². The van der Waals surface area contributed by atoms with Gasteiger partial charge in [-0.05, 0) is 30.2 Å². The smallest absolute Gasteiger partial charge is 0.420 e. The maximum absolute atomic E-state index is 13.5. The van der Waals surface area contributed by atoms with Gasteiger partial charge in [-0.3, -0.25) is 0 Å². The summed E-state index contributed by atoms with van der Waals surface area (Å²) in [5.41, 5.74) is -0.189. The Balaban J connectivity index is 1.97. The molecule has 0 fully saturated rings. The van der Waals surface area contributed by atoms with E-state index in [9.17, 15) is 13.2 Å². The molecule has 0 unspecified atom stereocenters. The normalized spacial score (nSPS) is 11.6. The number of hydrogen-bond donors (Lipinski definition) is 0. The van der Waals surface area contributed by atoms with Gasteiger partial charge in [-0.1, -0.05) is 55.9 Å². The van der Waals surface area contributed by atoms with Crippen molar-refractivity contribution in [1.82, 2.24) is 9.97 Å². The molecule has 0 amide bonds. The third-order valence-electron chi connectivity index (χ3n) is 4.10. The Morgan fingerprint density at radius 2 is 1.70 bits per heavy atom. The van der Waals surface area contributed by atoms with E-state index in [2.05, 4.69) is 9.97 Å². The summed E-state index contributed by atoms with van der Waals surface area (Å²) in [7, 11) is 1.71. The summed E-state index contributed by atoms with van der Waals surface area (Å²) in [6, 6.07) is 16.1. The van der Waals surface area contributed by atoms with Gasteiger partial charge in [0, 0.05) is 18.1 Å². The van der Waals surface area contributed by atoms with Gasteiger partial charge in [0.1, 0.15) is 16.3 Å². The molecular weight excluding hydrogens is 411 g/mol. The highest BCUT2D eigenvalue weighted by Crippen LogP contribution is 2.39. The quantitative estimate of drug-likeness (QED) is 0.400. The first kappa shape index (κ1) is 22.0. The van der Waals surface area contributed by atoms with Crippen LogP contribution in [0.2, 0.25) is 0 Å². The molecule has 8 heteroatoms. The molecular formula is C22H22F3N3OS. The number of anilines is 2. The van der Waals surface area contributed by atoms with Crippen LogP contribution in [0.4, 0.5) is 24.8 Å². The second kappa shape index (κ2) is 9.38. The number of benzene rings is 2. The lowest BCUT2D eigenvalue weighted by Crippen LogP contribution is -2.17. The second-order valence-corrected chi connectivity index (χ2v) is 8.10. The van der Waals surface area contributed by atoms with Gasteiger partial charge in [-0.25, -0.2) is 9.97 Å². The Kier molecular flexibility index (Phi) is 6.87. The van der Waals surface area contributed by atoms with Crippen LogP contribution in [-0.4, -0.2) is 23.6 Å². The van der Waals surface area contributed by atoms with Gasteiger partial charge in [-0.15, -0.1) is 0 Å². The first-order chi connectivity index (χ1) is 14.3. The predicted octanol–water partition coefficient (Wildman–Crippen LogP) is 6.45. The average Bonchev–Trinajstić information content (AvgIpc) is 2.72. The monoisotopic (exact) mass is 433 g/mol. The number of halogens is 3. The lowest BCUT2D eigenvalue weighted by molar-refractivity contribution is -0.140. The highest BCUT2D eigenvalue weighted by molar-refractivity contribution is 7.99. The van der Waals surface area contributed by atoms with Crippen molar-refractivity contribution in [3.8, 4) is 5.75 Å². The number of para-hydroxylation sites is 2. The fourth-order valence-electron chi connectivity index (χ4n) is 2.61. The van der Waals surface area contributed by atoms with Crippen LogP contribution < -0.4 is 9.64 Å². The Morgan fingerprint density at radius 3 is 2.37 bits per heavy atom. The standard InChI is InChI=1S/C22H22F3N3OS/c1-15(2)14-29-19-12-8-7-11-18(19)28(3)21-26-13-17(22(23,24)25)20(27-21)30-16-9-5-4-6-10-16/h4-13,15H,14H2,1-3H3. The Bertz CT molecular complexity index is 981. The molecule has 0 saturated heterocycles. The Labute approximate surface area is 178 Å². The number of alkyl halides is 3. The first-order valence-electron chi connectivity index (χ1n) is 9.38. The zero-order valence-corrected chi connectivity index (χ0v) is 17.7. The molecule has 0 saturated carbocycles. The van der Waals surface area contributed by atoms with E-state index in [-0.39, 0.29) is 11.0 Å². The van der Waals surface area contributed by atoms with E-state index in [0.717, 1.165) is 18.0 Å². The molecule has 4 nitrogen and oxygen atoms in total. The van der Waals surface area contributed by atoms with E-state index in [4.69, 9.17) is 4.74 Å². The lowest BCUT2D eigenvalue weighted by Gasteiger charge is -2.22. The number of rotatable bonds is 7. The zero-order valence-electron chi connectivity index (χ0n) is 16.8. The van der Waals surface area contributed by atoms with Crippen LogP contribution in [0.1, 0.15) is 19.4 Å². The number of hydrogen-bond acceptors (Lipinski definition) is 5. The van der Waals surface area contributed by atoms with E-state index in [1.807, 2.05) is 44.2 Å². The molecule has 3 aromatic rings. The Morgan fingerprint density at radius 1 is 1.03 bits per heavy atom. The van der Waals surface area contributed by atoms with Gasteiger partial charge >= 0.3 is 6.18 Å². The number of nitrogens with zero attached hydrogens (tertiary/aromatic N) is 3. The molecule has 1 heterocycles.